The zero-order valence-corrected chi connectivity index (χ0v) is 15.1. The lowest BCUT2D eigenvalue weighted by Crippen LogP contribution is -2.49. The Morgan fingerprint density at radius 3 is 2.61 bits per heavy atom. The molecular formula is C19H18N6O3. The summed E-state index contributed by atoms with van der Waals surface area (Å²) in [6.45, 7) is 2.84. The van der Waals surface area contributed by atoms with Crippen LogP contribution in [-0.4, -0.2) is 63.5 Å². The topological polar surface area (TPSA) is 85.6 Å². The molecule has 0 aliphatic carbocycles. The number of fused-ring (bicyclic) bond motifs is 1. The second kappa shape index (κ2) is 6.84. The molecule has 142 valence electrons. The number of carbonyl (C=O) groups is 1. The Bertz CT molecular complexity index is 999. The van der Waals surface area contributed by atoms with Gasteiger partial charge in [-0.05, 0) is 24.3 Å². The zero-order valence-electron chi connectivity index (χ0n) is 15.1. The van der Waals surface area contributed by atoms with Crippen molar-refractivity contribution in [3.8, 4) is 17.3 Å². The quantitative estimate of drug-likeness (QED) is 0.680. The zero-order chi connectivity index (χ0) is 18.9. The van der Waals surface area contributed by atoms with Gasteiger partial charge in [0.05, 0.1) is 0 Å². The van der Waals surface area contributed by atoms with Crippen LogP contribution in [0.2, 0.25) is 0 Å². The third-order valence-electron chi connectivity index (χ3n) is 4.89. The van der Waals surface area contributed by atoms with E-state index >= 15 is 0 Å². The van der Waals surface area contributed by atoms with E-state index in [2.05, 4.69) is 20.0 Å². The second-order valence-electron chi connectivity index (χ2n) is 6.53. The van der Waals surface area contributed by atoms with Crippen LogP contribution in [0.25, 0.3) is 5.82 Å². The molecule has 1 aromatic carbocycles. The maximum atomic E-state index is 12.8. The van der Waals surface area contributed by atoms with Crippen LogP contribution >= 0.6 is 0 Å². The van der Waals surface area contributed by atoms with E-state index in [0.717, 1.165) is 5.82 Å². The van der Waals surface area contributed by atoms with E-state index < -0.39 is 0 Å². The van der Waals surface area contributed by atoms with Crippen LogP contribution in [0.4, 0.5) is 5.82 Å². The molecule has 0 bridgehead atoms. The predicted octanol–water partition coefficient (Wildman–Crippen LogP) is 1.35. The van der Waals surface area contributed by atoms with Gasteiger partial charge in [-0.15, -0.1) is 0 Å². The molecule has 0 radical (unpaired) electrons. The lowest BCUT2D eigenvalue weighted by atomic mass is 10.1. The highest BCUT2D eigenvalue weighted by molar-refractivity contribution is 5.95. The normalized spacial score (nSPS) is 15.7. The molecule has 28 heavy (non-hydrogen) atoms. The van der Waals surface area contributed by atoms with Crippen LogP contribution in [0.5, 0.6) is 11.5 Å². The first-order valence-corrected chi connectivity index (χ1v) is 9.04. The number of piperazine rings is 1. The fourth-order valence-electron chi connectivity index (χ4n) is 3.39. The molecule has 0 unspecified atom stereocenters. The third-order valence-corrected chi connectivity index (χ3v) is 4.89. The average molecular weight is 378 g/mol. The van der Waals surface area contributed by atoms with E-state index in [1.165, 1.54) is 6.33 Å². The molecule has 9 nitrogen and oxygen atoms in total. The maximum Gasteiger partial charge on any atom is 0.254 e. The van der Waals surface area contributed by atoms with Crippen molar-refractivity contribution in [2.24, 2.45) is 0 Å². The molecule has 0 N–H and O–H groups in total. The maximum absolute atomic E-state index is 12.8. The van der Waals surface area contributed by atoms with Gasteiger partial charge in [0.25, 0.3) is 5.91 Å². The van der Waals surface area contributed by atoms with E-state index in [4.69, 9.17) is 9.47 Å². The highest BCUT2D eigenvalue weighted by Gasteiger charge is 2.25. The van der Waals surface area contributed by atoms with Crippen LogP contribution < -0.4 is 14.4 Å². The summed E-state index contributed by atoms with van der Waals surface area (Å²) in [5.74, 6) is 2.84. The van der Waals surface area contributed by atoms with E-state index in [1.54, 1.807) is 29.1 Å². The van der Waals surface area contributed by atoms with Gasteiger partial charge in [0.15, 0.2) is 17.3 Å². The SMILES string of the molecule is O=C(c1ccc2c(c1)OCO2)N1CCN(c2cc(-n3cccn3)ncn2)CC1. The van der Waals surface area contributed by atoms with Gasteiger partial charge in [0.1, 0.15) is 12.1 Å². The van der Waals surface area contributed by atoms with E-state index in [-0.39, 0.29) is 12.7 Å². The monoisotopic (exact) mass is 378 g/mol. The van der Waals surface area contributed by atoms with Crippen LogP contribution in [-0.2, 0) is 0 Å². The summed E-state index contributed by atoms with van der Waals surface area (Å²) in [6, 6.07) is 9.06. The number of aromatic nitrogens is 4. The number of hydrogen-bond donors (Lipinski definition) is 0. The number of hydrogen-bond acceptors (Lipinski definition) is 7. The van der Waals surface area contributed by atoms with Gasteiger partial charge in [-0.1, -0.05) is 0 Å². The minimum atomic E-state index is -0.00197. The fourth-order valence-corrected chi connectivity index (χ4v) is 3.39. The van der Waals surface area contributed by atoms with Gasteiger partial charge < -0.3 is 19.3 Å². The summed E-state index contributed by atoms with van der Waals surface area (Å²) < 4.78 is 12.4. The first kappa shape index (κ1) is 16.5. The average Bonchev–Trinajstić information content (AvgIpc) is 3.45. The van der Waals surface area contributed by atoms with Gasteiger partial charge >= 0.3 is 0 Å². The number of benzene rings is 1. The number of carbonyl (C=O) groups excluding carboxylic acids is 1. The molecule has 3 aromatic rings. The molecule has 2 aliphatic rings. The van der Waals surface area contributed by atoms with Gasteiger partial charge in [0, 0.05) is 50.2 Å². The molecule has 0 atom stereocenters. The Kier molecular flexibility index (Phi) is 4.04. The number of nitrogens with zero attached hydrogens (tertiary/aromatic N) is 6. The Balaban J connectivity index is 1.26. The first-order chi connectivity index (χ1) is 13.8. The van der Waals surface area contributed by atoms with E-state index in [0.29, 0.717) is 49.1 Å². The van der Waals surface area contributed by atoms with Crippen LogP contribution in [0, 0.1) is 0 Å². The van der Waals surface area contributed by atoms with Gasteiger partial charge in [0.2, 0.25) is 6.79 Å². The van der Waals surface area contributed by atoms with Crippen LogP contribution in [0.1, 0.15) is 10.4 Å². The summed E-state index contributed by atoms with van der Waals surface area (Å²) in [5, 5.41) is 4.20. The molecule has 1 fully saturated rings. The Morgan fingerprint density at radius 2 is 1.79 bits per heavy atom. The molecular weight excluding hydrogens is 360 g/mol. The standard InChI is InChI=1S/C19H18N6O3/c26-19(14-2-3-15-16(10-14)28-13-27-15)24-8-6-23(7-9-24)17-11-18(21-12-20-17)25-5-1-4-22-25/h1-5,10-12H,6-9,13H2. The Hall–Kier alpha value is -3.62. The molecule has 2 aromatic heterocycles. The van der Waals surface area contributed by atoms with Crippen molar-refractivity contribution in [3.05, 3.63) is 54.6 Å². The first-order valence-electron chi connectivity index (χ1n) is 9.04. The highest BCUT2D eigenvalue weighted by atomic mass is 16.7. The lowest BCUT2D eigenvalue weighted by Gasteiger charge is -2.35. The molecule has 4 heterocycles. The van der Waals surface area contributed by atoms with Gasteiger partial charge in [-0.2, -0.15) is 5.10 Å². The Morgan fingerprint density at radius 1 is 0.964 bits per heavy atom. The molecule has 1 saturated heterocycles. The summed E-state index contributed by atoms with van der Waals surface area (Å²) in [7, 11) is 0. The van der Waals surface area contributed by atoms with Crippen molar-refractivity contribution in [2.45, 2.75) is 0 Å². The van der Waals surface area contributed by atoms with Crippen molar-refractivity contribution in [1.29, 1.82) is 0 Å². The third kappa shape index (κ3) is 3.00. The van der Waals surface area contributed by atoms with E-state index in [9.17, 15) is 4.79 Å². The van der Waals surface area contributed by atoms with Crippen LogP contribution in [0.3, 0.4) is 0 Å². The summed E-state index contributed by atoms with van der Waals surface area (Å²) in [5.41, 5.74) is 0.612. The van der Waals surface area contributed by atoms with Gasteiger partial charge in [-0.3, -0.25) is 4.79 Å². The smallest absolute Gasteiger partial charge is 0.254 e. The number of amides is 1. The van der Waals surface area contributed by atoms with Gasteiger partial charge in [-0.25, -0.2) is 14.6 Å². The Labute approximate surface area is 161 Å². The summed E-state index contributed by atoms with van der Waals surface area (Å²) in [6.07, 6.45) is 5.09. The number of rotatable bonds is 3. The van der Waals surface area contributed by atoms with Crippen molar-refractivity contribution in [2.75, 3.05) is 37.9 Å². The highest BCUT2D eigenvalue weighted by Crippen LogP contribution is 2.33. The number of anilines is 1. The van der Waals surface area contributed by atoms with E-state index in [1.807, 2.05) is 23.2 Å². The van der Waals surface area contributed by atoms with Crippen molar-refractivity contribution >= 4 is 11.7 Å². The summed E-state index contributed by atoms with van der Waals surface area (Å²) in [4.78, 5) is 25.5. The van der Waals surface area contributed by atoms with Crippen molar-refractivity contribution in [1.82, 2.24) is 24.6 Å². The minimum absolute atomic E-state index is 0.00197. The molecule has 2 aliphatic heterocycles. The largest absolute Gasteiger partial charge is 0.454 e. The fraction of sp³-hybridized carbons (Fsp3) is 0.263. The number of ether oxygens (including phenoxy) is 2. The van der Waals surface area contributed by atoms with Crippen LogP contribution in [0.15, 0.2) is 49.1 Å². The second-order valence-corrected chi connectivity index (χ2v) is 6.53. The predicted molar refractivity (Wildman–Crippen MR) is 99.8 cm³/mol. The summed E-state index contributed by atoms with van der Waals surface area (Å²) >= 11 is 0. The molecule has 1 amide bonds. The minimum Gasteiger partial charge on any atom is -0.454 e. The molecule has 0 saturated carbocycles. The molecule has 0 spiro atoms. The molecule has 5 rings (SSSR count). The van der Waals surface area contributed by atoms with Crippen molar-refractivity contribution in [3.63, 3.8) is 0 Å². The van der Waals surface area contributed by atoms with Crippen molar-refractivity contribution < 1.29 is 14.3 Å². The molecule has 9 heteroatoms. The lowest BCUT2D eigenvalue weighted by molar-refractivity contribution is 0.0746.